The standard InChI is InChI=1S/C23H24FN3O4S/c1-3-31-21-9-7-17(14-22(21)32(29,30)27-10-4-5-11-27)26-23(28)19-12-15(2)25-20-13-16(24)6-8-18(19)20/h6-9,12-14H,3-5,10-11H2,1-2H3,(H,26,28). The SMILES string of the molecule is CCOc1ccc(NC(=O)c2cc(C)nc3cc(F)ccc23)cc1S(=O)(=O)N1CCCC1. The largest absolute Gasteiger partial charge is 0.492 e. The number of rotatable bonds is 6. The van der Waals surface area contributed by atoms with E-state index in [0.29, 0.717) is 47.5 Å². The van der Waals surface area contributed by atoms with Gasteiger partial charge in [-0.2, -0.15) is 4.31 Å². The highest BCUT2D eigenvalue weighted by Crippen LogP contribution is 2.32. The Hall–Kier alpha value is -3.04. The lowest BCUT2D eigenvalue weighted by Gasteiger charge is -2.19. The predicted octanol–water partition coefficient (Wildman–Crippen LogP) is 4.12. The maximum atomic E-state index is 13.6. The second kappa shape index (κ2) is 8.84. The lowest BCUT2D eigenvalue weighted by atomic mass is 10.1. The van der Waals surface area contributed by atoms with Gasteiger partial charge < -0.3 is 10.1 Å². The Morgan fingerprint density at radius 2 is 1.91 bits per heavy atom. The maximum Gasteiger partial charge on any atom is 0.256 e. The first-order valence-corrected chi connectivity index (χ1v) is 11.9. The van der Waals surface area contributed by atoms with Crippen LogP contribution in [0.2, 0.25) is 0 Å². The van der Waals surface area contributed by atoms with Crippen molar-refractivity contribution in [1.29, 1.82) is 0 Å². The Morgan fingerprint density at radius 3 is 2.62 bits per heavy atom. The fourth-order valence-corrected chi connectivity index (χ4v) is 5.52. The number of benzene rings is 2. The number of hydrogen-bond acceptors (Lipinski definition) is 5. The van der Waals surface area contributed by atoms with Gasteiger partial charge in [-0.15, -0.1) is 0 Å². The molecule has 0 aliphatic carbocycles. The molecule has 168 valence electrons. The van der Waals surface area contributed by atoms with Crippen LogP contribution >= 0.6 is 0 Å². The molecule has 9 heteroatoms. The van der Waals surface area contributed by atoms with Crippen LogP contribution in [0.25, 0.3) is 10.9 Å². The highest BCUT2D eigenvalue weighted by molar-refractivity contribution is 7.89. The first kappa shape index (κ1) is 22.2. The molecular weight excluding hydrogens is 433 g/mol. The molecular formula is C23H24FN3O4S. The normalized spacial score (nSPS) is 14.6. The summed E-state index contributed by atoms with van der Waals surface area (Å²) in [5.74, 6) is -0.635. The average Bonchev–Trinajstić information content (AvgIpc) is 3.30. The molecule has 0 saturated carbocycles. The third-order valence-electron chi connectivity index (χ3n) is 5.33. The van der Waals surface area contributed by atoms with Crippen molar-refractivity contribution in [3.05, 3.63) is 59.5 Å². The number of sulfonamides is 1. The van der Waals surface area contributed by atoms with Crippen LogP contribution in [0.1, 0.15) is 35.8 Å². The summed E-state index contributed by atoms with van der Waals surface area (Å²) in [6.45, 7) is 4.74. The minimum Gasteiger partial charge on any atom is -0.492 e. The number of halogens is 1. The van der Waals surface area contributed by atoms with E-state index in [2.05, 4.69) is 10.3 Å². The van der Waals surface area contributed by atoms with Crippen molar-refractivity contribution in [3.63, 3.8) is 0 Å². The van der Waals surface area contributed by atoms with E-state index in [0.717, 1.165) is 12.8 Å². The van der Waals surface area contributed by atoms with Crippen molar-refractivity contribution < 1.29 is 22.3 Å². The lowest BCUT2D eigenvalue weighted by molar-refractivity contribution is 0.102. The molecule has 0 unspecified atom stereocenters. The van der Waals surface area contributed by atoms with Crippen molar-refractivity contribution >= 4 is 32.5 Å². The number of pyridine rings is 1. The smallest absolute Gasteiger partial charge is 0.256 e. The third kappa shape index (κ3) is 4.31. The number of aromatic nitrogens is 1. The second-order valence-corrected chi connectivity index (χ2v) is 9.54. The molecule has 1 amide bonds. The van der Waals surface area contributed by atoms with Gasteiger partial charge in [-0.1, -0.05) is 0 Å². The fraction of sp³-hybridized carbons (Fsp3) is 0.304. The monoisotopic (exact) mass is 457 g/mol. The molecule has 1 aromatic heterocycles. The molecule has 1 N–H and O–H groups in total. The van der Waals surface area contributed by atoms with Crippen molar-refractivity contribution in [1.82, 2.24) is 9.29 Å². The van der Waals surface area contributed by atoms with Gasteiger partial charge in [0.25, 0.3) is 5.91 Å². The summed E-state index contributed by atoms with van der Waals surface area (Å²) >= 11 is 0. The van der Waals surface area contributed by atoms with E-state index in [4.69, 9.17) is 4.74 Å². The Labute approximate surface area is 186 Å². The first-order valence-electron chi connectivity index (χ1n) is 10.4. The molecule has 1 aliphatic rings. The summed E-state index contributed by atoms with van der Waals surface area (Å²) in [4.78, 5) is 17.4. The highest BCUT2D eigenvalue weighted by atomic mass is 32.2. The maximum absolute atomic E-state index is 13.6. The summed E-state index contributed by atoms with van der Waals surface area (Å²) in [5.41, 5.74) is 1.59. The molecule has 0 bridgehead atoms. The van der Waals surface area contributed by atoms with Gasteiger partial charge in [0.15, 0.2) is 0 Å². The summed E-state index contributed by atoms with van der Waals surface area (Å²) in [6.07, 6.45) is 1.63. The second-order valence-electron chi connectivity index (χ2n) is 7.63. The number of carbonyl (C=O) groups is 1. The molecule has 3 aromatic rings. The number of carbonyl (C=O) groups excluding carboxylic acids is 1. The Bertz CT molecular complexity index is 1280. The minimum atomic E-state index is -3.76. The molecule has 7 nitrogen and oxygen atoms in total. The minimum absolute atomic E-state index is 0.0249. The number of nitrogens with one attached hydrogen (secondary N) is 1. The first-order chi connectivity index (χ1) is 15.3. The van der Waals surface area contributed by atoms with Crippen molar-refractivity contribution in [2.75, 3.05) is 25.0 Å². The van der Waals surface area contributed by atoms with E-state index < -0.39 is 21.7 Å². The van der Waals surface area contributed by atoms with Gasteiger partial charge in [-0.25, -0.2) is 12.8 Å². The van der Waals surface area contributed by atoms with Gasteiger partial charge >= 0.3 is 0 Å². The number of hydrogen-bond donors (Lipinski definition) is 1. The fourth-order valence-electron chi connectivity index (χ4n) is 3.85. The topological polar surface area (TPSA) is 88.6 Å². The van der Waals surface area contributed by atoms with Gasteiger partial charge in [-0.3, -0.25) is 9.78 Å². The van der Waals surface area contributed by atoms with Crippen LogP contribution in [0.3, 0.4) is 0 Å². The van der Waals surface area contributed by atoms with Gasteiger partial charge in [0, 0.05) is 35.9 Å². The molecule has 0 atom stereocenters. The van der Waals surface area contributed by atoms with Crippen LogP contribution in [-0.4, -0.2) is 43.3 Å². The van der Waals surface area contributed by atoms with Gasteiger partial charge in [0.2, 0.25) is 10.0 Å². The third-order valence-corrected chi connectivity index (χ3v) is 7.25. The van der Waals surface area contributed by atoms with Crippen molar-refractivity contribution in [2.45, 2.75) is 31.6 Å². The molecule has 1 saturated heterocycles. The predicted molar refractivity (Wildman–Crippen MR) is 120 cm³/mol. The van der Waals surface area contributed by atoms with E-state index in [1.807, 2.05) is 0 Å². The number of aryl methyl sites for hydroxylation is 1. The molecule has 2 aromatic carbocycles. The molecule has 0 spiro atoms. The molecule has 1 aliphatic heterocycles. The van der Waals surface area contributed by atoms with Crippen LogP contribution in [-0.2, 0) is 10.0 Å². The van der Waals surface area contributed by atoms with Crippen molar-refractivity contribution in [3.8, 4) is 5.75 Å². The number of amides is 1. The quantitative estimate of drug-likeness (QED) is 0.602. The highest BCUT2D eigenvalue weighted by Gasteiger charge is 2.30. The number of ether oxygens (including phenoxy) is 1. The summed E-state index contributed by atoms with van der Waals surface area (Å²) in [7, 11) is -3.76. The molecule has 32 heavy (non-hydrogen) atoms. The zero-order valence-corrected chi connectivity index (χ0v) is 18.7. The molecule has 0 radical (unpaired) electrons. The van der Waals surface area contributed by atoms with Gasteiger partial charge in [0.1, 0.15) is 16.5 Å². The van der Waals surface area contributed by atoms with E-state index in [1.165, 1.54) is 28.6 Å². The van der Waals surface area contributed by atoms with E-state index in [1.54, 1.807) is 32.0 Å². The lowest BCUT2D eigenvalue weighted by Crippen LogP contribution is -2.28. The van der Waals surface area contributed by atoms with Crippen molar-refractivity contribution in [2.24, 2.45) is 0 Å². The Balaban J connectivity index is 1.71. The Kier molecular flexibility index (Phi) is 6.12. The summed E-state index contributed by atoms with van der Waals surface area (Å²) in [6, 6.07) is 10.2. The molecule has 4 rings (SSSR count). The zero-order valence-electron chi connectivity index (χ0n) is 17.9. The van der Waals surface area contributed by atoms with Crippen LogP contribution in [0.15, 0.2) is 47.4 Å². The van der Waals surface area contributed by atoms with E-state index in [-0.39, 0.29) is 10.6 Å². The molecule has 2 heterocycles. The number of anilines is 1. The van der Waals surface area contributed by atoms with Crippen LogP contribution in [0.5, 0.6) is 5.75 Å². The average molecular weight is 458 g/mol. The summed E-state index contributed by atoms with van der Waals surface area (Å²) < 4.78 is 47.0. The number of fused-ring (bicyclic) bond motifs is 1. The van der Waals surface area contributed by atoms with Crippen LogP contribution in [0.4, 0.5) is 10.1 Å². The van der Waals surface area contributed by atoms with Crippen LogP contribution in [0, 0.1) is 12.7 Å². The Morgan fingerprint density at radius 1 is 1.16 bits per heavy atom. The van der Waals surface area contributed by atoms with E-state index in [9.17, 15) is 17.6 Å². The van der Waals surface area contributed by atoms with Gasteiger partial charge in [-0.05, 0) is 63.1 Å². The summed E-state index contributed by atoms with van der Waals surface area (Å²) in [5, 5.41) is 3.27. The van der Waals surface area contributed by atoms with E-state index >= 15 is 0 Å². The van der Waals surface area contributed by atoms with Crippen LogP contribution < -0.4 is 10.1 Å². The van der Waals surface area contributed by atoms with Gasteiger partial charge in [0.05, 0.1) is 17.7 Å². The molecule has 1 fully saturated rings. The number of nitrogens with zero attached hydrogens (tertiary/aromatic N) is 2. The zero-order chi connectivity index (χ0) is 22.9.